The molecule has 30 heavy (non-hydrogen) atoms. The van der Waals surface area contributed by atoms with E-state index in [1.54, 1.807) is 25.2 Å². The second-order valence-electron chi connectivity index (χ2n) is 6.47. The first-order valence-electron chi connectivity index (χ1n) is 9.04. The van der Waals surface area contributed by atoms with Gasteiger partial charge in [-0.05, 0) is 18.6 Å². The Balaban J connectivity index is 1.55. The molecule has 0 spiro atoms. The number of benzene rings is 1. The van der Waals surface area contributed by atoms with Crippen LogP contribution in [0.2, 0.25) is 0 Å². The molecule has 1 aliphatic rings. The third kappa shape index (κ3) is 5.71. The highest BCUT2D eigenvalue weighted by Crippen LogP contribution is 2.32. The van der Waals surface area contributed by atoms with Gasteiger partial charge in [0.2, 0.25) is 0 Å². The van der Waals surface area contributed by atoms with Gasteiger partial charge in [0, 0.05) is 31.6 Å². The number of nitrogens with zero attached hydrogens (tertiary/aromatic N) is 3. The third-order valence-electron chi connectivity index (χ3n) is 4.42. The van der Waals surface area contributed by atoms with E-state index in [0.717, 1.165) is 23.1 Å². The van der Waals surface area contributed by atoms with E-state index in [9.17, 15) is 22.0 Å². The Morgan fingerprint density at radius 1 is 1.37 bits per heavy atom. The van der Waals surface area contributed by atoms with Crippen LogP contribution < -0.4 is 20.3 Å². The smallest absolute Gasteiger partial charge is 0.433 e. The summed E-state index contributed by atoms with van der Waals surface area (Å²) in [6.07, 6.45) is -3.74. The summed E-state index contributed by atoms with van der Waals surface area (Å²) in [7, 11) is 1.55. The molecule has 164 valence electrons. The van der Waals surface area contributed by atoms with Gasteiger partial charge in [-0.2, -0.15) is 22.0 Å². The highest BCUT2D eigenvalue weighted by atomic mass is 32.1. The maximum absolute atomic E-state index is 12.6. The molecule has 6 nitrogen and oxygen atoms in total. The van der Waals surface area contributed by atoms with Gasteiger partial charge in [0.05, 0.1) is 12.2 Å². The number of aromatic nitrogens is 1. The zero-order chi connectivity index (χ0) is 21.7. The summed E-state index contributed by atoms with van der Waals surface area (Å²) in [6.45, 7) is -1.66. The van der Waals surface area contributed by atoms with Crippen molar-refractivity contribution in [2.75, 3.05) is 25.0 Å². The van der Waals surface area contributed by atoms with Gasteiger partial charge < -0.3 is 20.3 Å². The Morgan fingerprint density at radius 3 is 2.80 bits per heavy atom. The number of alkyl halides is 5. The Hall–Kier alpha value is -2.63. The van der Waals surface area contributed by atoms with Crippen LogP contribution in [0.3, 0.4) is 0 Å². The van der Waals surface area contributed by atoms with Gasteiger partial charge in [0.25, 0.3) is 0 Å². The molecule has 2 aromatic rings. The molecule has 2 N–H and O–H groups in total. The van der Waals surface area contributed by atoms with Crippen molar-refractivity contribution in [3.8, 4) is 5.75 Å². The van der Waals surface area contributed by atoms with E-state index >= 15 is 0 Å². The number of nitrogens with one attached hydrogen (secondary N) is 2. The van der Waals surface area contributed by atoms with E-state index in [1.165, 1.54) is 6.07 Å². The van der Waals surface area contributed by atoms with Gasteiger partial charge in [-0.25, -0.2) is 4.98 Å². The van der Waals surface area contributed by atoms with Gasteiger partial charge >= 0.3 is 12.8 Å². The minimum absolute atomic E-state index is 0.0298. The fourth-order valence-corrected chi connectivity index (χ4v) is 3.82. The number of thiazole rings is 1. The predicted octanol–water partition coefficient (Wildman–Crippen LogP) is 3.71. The predicted molar refractivity (Wildman–Crippen MR) is 104 cm³/mol. The number of rotatable bonds is 6. The first-order valence-corrected chi connectivity index (χ1v) is 9.92. The van der Waals surface area contributed by atoms with Crippen molar-refractivity contribution in [3.63, 3.8) is 0 Å². The molecule has 3 rings (SSSR count). The van der Waals surface area contributed by atoms with Crippen molar-refractivity contribution >= 4 is 23.0 Å². The van der Waals surface area contributed by atoms with Crippen LogP contribution in [0.1, 0.15) is 17.1 Å². The van der Waals surface area contributed by atoms with Crippen molar-refractivity contribution in [1.29, 1.82) is 0 Å². The van der Waals surface area contributed by atoms with Crippen LogP contribution in [0.25, 0.3) is 0 Å². The lowest BCUT2D eigenvalue weighted by Gasteiger charge is -2.22. The van der Waals surface area contributed by atoms with E-state index < -0.39 is 18.5 Å². The largest absolute Gasteiger partial charge is 0.434 e. The second-order valence-corrected chi connectivity index (χ2v) is 7.41. The second kappa shape index (κ2) is 9.45. The van der Waals surface area contributed by atoms with Crippen LogP contribution in [0, 0.1) is 0 Å². The number of hydrogen-bond acceptors (Lipinski definition) is 5. The van der Waals surface area contributed by atoms with Gasteiger partial charge in [-0.15, -0.1) is 11.3 Å². The molecular formula is C18H20F5N5OS. The number of anilines is 1. The van der Waals surface area contributed by atoms with Crippen molar-refractivity contribution < 1.29 is 26.7 Å². The fourth-order valence-electron chi connectivity index (χ4n) is 3.08. The van der Waals surface area contributed by atoms with E-state index in [2.05, 4.69) is 25.3 Å². The van der Waals surface area contributed by atoms with Crippen molar-refractivity contribution in [2.24, 2.45) is 4.99 Å². The zero-order valence-corrected chi connectivity index (χ0v) is 16.7. The summed E-state index contributed by atoms with van der Waals surface area (Å²) in [4.78, 5) is 9.58. The molecule has 1 saturated heterocycles. The molecule has 0 aliphatic carbocycles. The van der Waals surface area contributed by atoms with Crippen LogP contribution in [0.5, 0.6) is 5.75 Å². The normalized spacial score (nSPS) is 17.5. The van der Waals surface area contributed by atoms with E-state index in [4.69, 9.17) is 0 Å². The molecule has 0 saturated carbocycles. The van der Waals surface area contributed by atoms with Gasteiger partial charge in [0.15, 0.2) is 11.7 Å². The third-order valence-corrected chi connectivity index (χ3v) is 5.27. The number of ether oxygens (including phenoxy) is 1. The number of para-hydroxylation sites is 2. The van der Waals surface area contributed by atoms with Gasteiger partial charge in [0.1, 0.15) is 10.8 Å². The molecule has 0 bridgehead atoms. The summed E-state index contributed by atoms with van der Waals surface area (Å²) in [5.41, 5.74) is -0.337. The first kappa shape index (κ1) is 22.1. The van der Waals surface area contributed by atoms with Crippen LogP contribution in [-0.2, 0) is 12.7 Å². The monoisotopic (exact) mass is 449 g/mol. The lowest BCUT2D eigenvalue weighted by molar-refractivity contribution is -0.140. The lowest BCUT2D eigenvalue weighted by Crippen LogP contribution is -2.44. The van der Waals surface area contributed by atoms with Crippen LogP contribution >= 0.6 is 11.3 Å². The SMILES string of the molecule is CN=C(NCc1nc(C(F)(F)F)cs1)NC1CCN(c2ccccc2OC(F)F)C1. The Bertz CT molecular complexity index is 873. The molecule has 1 unspecified atom stereocenters. The maximum atomic E-state index is 12.6. The molecule has 1 aromatic heterocycles. The van der Waals surface area contributed by atoms with Crippen molar-refractivity contribution in [1.82, 2.24) is 15.6 Å². The van der Waals surface area contributed by atoms with Crippen molar-refractivity contribution in [2.45, 2.75) is 31.8 Å². The zero-order valence-electron chi connectivity index (χ0n) is 15.9. The van der Waals surface area contributed by atoms with Gasteiger partial charge in [-0.1, -0.05) is 12.1 Å². The Kier molecular flexibility index (Phi) is 6.95. The maximum Gasteiger partial charge on any atom is 0.434 e. The van der Waals surface area contributed by atoms with Crippen molar-refractivity contribution in [3.05, 3.63) is 40.3 Å². The van der Waals surface area contributed by atoms with Crippen LogP contribution in [0.4, 0.5) is 27.6 Å². The molecule has 1 aliphatic heterocycles. The molecular weight excluding hydrogens is 429 g/mol. The molecule has 12 heteroatoms. The van der Waals surface area contributed by atoms with Crippen LogP contribution in [-0.4, -0.2) is 43.7 Å². The highest BCUT2D eigenvalue weighted by Gasteiger charge is 2.33. The number of guanidine groups is 1. The average molecular weight is 449 g/mol. The minimum atomic E-state index is -4.47. The first-order chi connectivity index (χ1) is 14.3. The van der Waals surface area contributed by atoms with E-state index in [0.29, 0.717) is 24.7 Å². The summed E-state index contributed by atoms with van der Waals surface area (Å²) < 4.78 is 67.8. The number of hydrogen-bond donors (Lipinski definition) is 2. The van der Waals surface area contributed by atoms with Gasteiger partial charge in [-0.3, -0.25) is 4.99 Å². The minimum Gasteiger partial charge on any atom is -0.433 e. The highest BCUT2D eigenvalue weighted by molar-refractivity contribution is 7.09. The summed E-state index contributed by atoms with van der Waals surface area (Å²) in [5, 5.41) is 7.40. The quantitative estimate of drug-likeness (QED) is 0.400. The summed E-state index contributed by atoms with van der Waals surface area (Å²) in [6, 6.07) is 6.55. The lowest BCUT2D eigenvalue weighted by atomic mass is 10.2. The van der Waals surface area contributed by atoms with E-state index in [-0.39, 0.29) is 23.3 Å². The molecule has 2 heterocycles. The molecule has 1 atom stereocenters. The molecule has 1 aromatic carbocycles. The summed E-state index contributed by atoms with van der Waals surface area (Å²) >= 11 is 0.916. The topological polar surface area (TPSA) is 61.8 Å². The number of halogens is 5. The summed E-state index contributed by atoms with van der Waals surface area (Å²) in [5.74, 6) is 0.530. The standard InChI is InChI=1S/C18H20F5N5OS/c1-24-17(25-8-15-27-14(10-30-15)18(21,22)23)26-11-6-7-28(9-11)12-4-2-3-5-13(12)29-16(19)20/h2-5,10-11,16H,6-9H2,1H3,(H2,24,25,26). The van der Waals surface area contributed by atoms with E-state index in [1.807, 2.05) is 4.90 Å². The molecule has 0 amide bonds. The fraction of sp³-hybridized carbons (Fsp3) is 0.444. The average Bonchev–Trinajstić information content (AvgIpc) is 3.34. The molecule has 1 fully saturated rings. The van der Waals surface area contributed by atoms with Crippen LogP contribution in [0.15, 0.2) is 34.6 Å². The Labute approximate surface area is 173 Å². The Morgan fingerprint density at radius 2 is 2.13 bits per heavy atom. The number of aliphatic imine (C=N–C) groups is 1. The molecule has 0 radical (unpaired) electrons.